The molecule has 1 aliphatic heterocycles. The molecule has 2 aromatic rings. The van der Waals surface area contributed by atoms with Gasteiger partial charge < -0.3 is 10.6 Å². The second-order valence-electron chi connectivity index (χ2n) is 7.83. The second kappa shape index (κ2) is 7.84. The predicted octanol–water partition coefficient (Wildman–Crippen LogP) is 2.24. The quantitative estimate of drug-likeness (QED) is 0.836. The normalized spacial score (nSPS) is 16.0. The Morgan fingerprint density at radius 2 is 2.12 bits per heavy atom. The monoisotopic (exact) mass is 376 g/mol. The van der Waals surface area contributed by atoms with E-state index in [2.05, 4.69) is 52.1 Å². The van der Waals surface area contributed by atoms with Crippen LogP contribution in [0.5, 0.6) is 0 Å². The van der Waals surface area contributed by atoms with Crippen molar-refractivity contribution in [3.63, 3.8) is 0 Å². The lowest BCUT2D eigenvalue weighted by Crippen LogP contribution is -2.30. The average molecular weight is 377 g/mol. The summed E-state index contributed by atoms with van der Waals surface area (Å²) < 4.78 is 1.91. The topological polar surface area (TPSA) is 84.7 Å². The molecule has 1 fully saturated rings. The van der Waals surface area contributed by atoms with Gasteiger partial charge in [-0.1, -0.05) is 26.0 Å². The molecule has 0 atom stereocenters. The number of nitrogens with zero attached hydrogens (tertiary/aromatic N) is 4. The van der Waals surface area contributed by atoms with E-state index in [9.17, 15) is 4.79 Å². The Balaban J connectivity index is 1.55. The molecule has 0 aromatic carbocycles. The van der Waals surface area contributed by atoms with Crippen molar-refractivity contribution in [2.24, 2.45) is 0 Å². The molecule has 3 rings (SSSR count). The van der Waals surface area contributed by atoms with Gasteiger partial charge >= 0.3 is 0 Å². The summed E-state index contributed by atoms with van der Waals surface area (Å²) in [4.78, 5) is 17.1. The van der Waals surface area contributed by atoms with Crippen molar-refractivity contribution in [2.45, 2.75) is 58.4 Å². The number of amides is 1. The molecule has 7 nitrogen and oxygen atoms in total. The largest absolute Gasteiger partial charge is 0.350 e. The van der Waals surface area contributed by atoms with Gasteiger partial charge in [-0.25, -0.2) is 9.67 Å². The van der Waals surface area contributed by atoms with Crippen LogP contribution in [0.15, 0.2) is 5.38 Å². The zero-order chi connectivity index (χ0) is 18.7. The molecule has 8 heteroatoms. The number of rotatable bonds is 5. The molecule has 142 valence electrons. The van der Waals surface area contributed by atoms with Crippen LogP contribution in [0.25, 0.3) is 0 Å². The third-order valence-electron chi connectivity index (χ3n) is 4.74. The van der Waals surface area contributed by atoms with Crippen LogP contribution >= 0.6 is 11.3 Å². The maximum Gasteiger partial charge on any atom is 0.273 e. The Bertz CT molecular complexity index is 754. The van der Waals surface area contributed by atoms with Gasteiger partial charge in [-0.15, -0.1) is 16.4 Å². The molecule has 2 aromatic heterocycles. The minimum Gasteiger partial charge on any atom is -0.350 e. The first kappa shape index (κ1) is 19.0. The van der Waals surface area contributed by atoms with Gasteiger partial charge in [0.05, 0.1) is 22.4 Å². The van der Waals surface area contributed by atoms with E-state index in [1.165, 1.54) is 0 Å². The number of hydrogen-bond donors (Lipinski definition) is 2. The molecule has 0 unspecified atom stereocenters. The molecular weight excluding hydrogens is 348 g/mol. The van der Waals surface area contributed by atoms with Crippen LogP contribution in [-0.2, 0) is 11.8 Å². The van der Waals surface area contributed by atoms with Crippen molar-refractivity contribution >= 4 is 17.2 Å². The Morgan fingerprint density at radius 1 is 1.38 bits per heavy atom. The van der Waals surface area contributed by atoms with Crippen LogP contribution in [0.1, 0.15) is 66.5 Å². The van der Waals surface area contributed by atoms with E-state index >= 15 is 0 Å². The first-order valence-electron chi connectivity index (χ1n) is 9.22. The van der Waals surface area contributed by atoms with Crippen molar-refractivity contribution in [1.82, 2.24) is 30.6 Å². The molecule has 1 saturated heterocycles. The van der Waals surface area contributed by atoms with Crippen molar-refractivity contribution in [3.05, 3.63) is 27.5 Å². The highest BCUT2D eigenvalue weighted by molar-refractivity contribution is 7.09. The lowest BCUT2D eigenvalue weighted by Gasteiger charge is -2.23. The number of carbonyl (C=O) groups is 1. The van der Waals surface area contributed by atoms with E-state index in [0.29, 0.717) is 18.3 Å². The van der Waals surface area contributed by atoms with E-state index in [-0.39, 0.29) is 11.3 Å². The van der Waals surface area contributed by atoms with Crippen LogP contribution in [0.3, 0.4) is 0 Å². The SMILES string of the molecule is Cc1c(C(=O)NCCc2nc(C(C)(C)C)cs2)nnn1C1CCNCC1. The summed E-state index contributed by atoms with van der Waals surface area (Å²) in [5.74, 6) is -0.157. The fourth-order valence-corrected chi connectivity index (χ4v) is 4.11. The Hall–Kier alpha value is -1.80. The van der Waals surface area contributed by atoms with Crippen molar-refractivity contribution in [2.75, 3.05) is 19.6 Å². The second-order valence-corrected chi connectivity index (χ2v) is 8.77. The number of piperidine rings is 1. The highest BCUT2D eigenvalue weighted by Crippen LogP contribution is 2.24. The number of hydrogen-bond acceptors (Lipinski definition) is 6. The van der Waals surface area contributed by atoms with E-state index in [1.807, 2.05) is 11.6 Å². The van der Waals surface area contributed by atoms with Crippen LogP contribution in [0, 0.1) is 6.92 Å². The molecule has 0 aliphatic carbocycles. The van der Waals surface area contributed by atoms with E-state index in [1.54, 1.807) is 11.3 Å². The Labute approximate surface area is 158 Å². The number of aromatic nitrogens is 4. The number of thiazole rings is 1. The van der Waals surface area contributed by atoms with E-state index < -0.39 is 0 Å². The lowest BCUT2D eigenvalue weighted by atomic mass is 9.93. The molecule has 0 saturated carbocycles. The smallest absolute Gasteiger partial charge is 0.273 e. The maximum absolute atomic E-state index is 12.5. The summed E-state index contributed by atoms with van der Waals surface area (Å²) in [6, 6.07) is 0.330. The van der Waals surface area contributed by atoms with Gasteiger partial charge in [0.2, 0.25) is 0 Å². The Kier molecular flexibility index (Phi) is 5.72. The standard InChI is InChI=1S/C18H28N6OS/c1-12-16(22-23-24(12)13-5-8-19-9-6-13)17(25)20-10-7-15-21-14(11-26-15)18(2,3)4/h11,13,19H,5-10H2,1-4H3,(H,20,25). The van der Waals surface area contributed by atoms with Gasteiger partial charge in [0.1, 0.15) is 0 Å². The van der Waals surface area contributed by atoms with Gasteiger partial charge in [-0.05, 0) is 32.9 Å². The zero-order valence-corrected chi connectivity index (χ0v) is 16.8. The zero-order valence-electron chi connectivity index (χ0n) is 16.0. The van der Waals surface area contributed by atoms with Crippen LogP contribution < -0.4 is 10.6 Å². The third-order valence-corrected chi connectivity index (χ3v) is 5.65. The first-order valence-corrected chi connectivity index (χ1v) is 10.1. The van der Waals surface area contributed by atoms with Crippen molar-refractivity contribution in [3.8, 4) is 0 Å². The molecule has 1 aliphatic rings. The molecule has 1 amide bonds. The molecule has 26 heavy (non-hydrogen) atoms. The van der Waals surface area contributed by atoms with Gasteiger partial charge in [0.15, 0.2) is 5.69 Å². The van der Waals surface area contributed by atoms with Crippen molar-refractivity contribution in [1.29, 1.82) is 0 Å². The summed E-state index contributed by atoms with van der Waals surface area (Å²) in [7, 11) is 0. The highest BCUT2D eigenvalue weighted by atomic mass is 32.1. The minimum absolute atomic E-state index is 0.0578. The molecule has 0 radical (unpaired) electrons. The molecular formula is C18H28N6OS. The van der Waals surface area contributed by atoms with E-state index in [0.717, 1.165) is 48.7 Å². The highest BCUT2D eigenvalue weighted by Gasteiger charge is 2.23. The molecule has 0 bridgehead atoms. The number of carbonyl (C=O) groups excluding carboxylic acids is 1. The summed E-state index contributed by atoms with van der Waals surface area (Å²) >= 11 is 1.65. The van der Waals surface area contributed by atoms with Crippen LogP contribution in [-0.4, -0.2) is 45.5 Å². The number of nitrogens with one attached hydrogen (secondary N) is 2. The first-order chi connectivity index (χ1) is 12.4. The maximum atomic E-state index is 12.5. The average Bonchev–Trinajstić information content (AvgIpc) is 3.22. The molecule has 3 heterocycles. The Morgan fingerprint density at radius 3 is 2.77 bits per heavy atom. The van der Waals surface area contributed by atoms with E-state index in [4.69, 9.17) is 0 Å². The molecule has 2 N–H and O–H groups in total. The fourth-order valence-electron chi connectivity index (χ4n) is 3.09. The van der Waals surface area contributed by atoms with Gasteiger partial charge in [-0.3, -0.25) is 4.79 Å². The summed E-state index contributed by atoms with van der Waals surface area (Å²) in [6.07, 6.45) is 2.77. The van der Waals surface area contributed by atoms with Gasteiger partial charge in [0, 0.05) is 23.8 Å². The van der Waals surface area contributed by atoms with Crippen molar-refractivity contribution < 1.29 is 4.79 Å². The summed E-state index contributed by atoms with van der Waals surface area (Å²) in [5.41, 5.74) is 2.43. The summed E-state index contributed by atoms with van der Waals surface area (Å²) in [5, 5.41) is 17.8. The summed E-state index contributed by atoms with van der Waals surface area (Å²) in [6.45, 7) is 10.9. The predicted molar refractivity (Wildman–Crippen MR) is 103 cm³/mol. The molecule has 0 spiro atoms. The fraction of sp³-hybridized carbons (Fsp3) is 0.667. The lowest BCUT2D eigenvalue weighted by molar-refractivity contribution is 0.0948. The van der Waals surface area contributed by atoms with Gasteiger partial charge in [0.25, 0.3) is 5.91 Å². The van der Waals surface area contributed by atoms with Crippen LogP contribution in [0.4, 0.5) is 0 Å². The van der Waals surface area contributed by atoms with Gasteiger partial charge in [-0.2, -0.15) is 0 Å². The third kappa shape index (κ3) is 4.29. The van der Waals surface area contributed by atoms with Crippen LogP contribution in [0.2, 0.25) is 0 Å². The minimum atomic E-state index is -0.157.